The lowest BCUT2D eigenvalue weighted by Crippen LogP contribution is -1.82. The molecular formula is C2H5NO2. The molecule has 0 fully saturated rings. The molecule has 0 rings (SSSR count). The standard InChI is InChI=1S/CH3NO.CH2O/c2-1-3;1-2/h1H,(H2,2,3);1H2. The number of amides is 1. The summed E-state index contributed by atoms with van der Waals surface area (Å²) in [6.45, 7) is 2.00. The normalized spacial score (nSPS) is 3.20. The SMILES string of the molecule is C=O.NC=O. The fourth-order valence-corrected chi connectivity index (χ4v) is 0. The van der Waals surface area contributed by atoms with Crippen LogP contribution < -0.4 is 5.73 Å². The Labute approximate surface area is 29.8 Å². The van der Waals surface area contributed by atoms with Gasteiger partial charge in [-0.1, -0.05) is 0 Å². The van der Waals surface area contributed by atoms with Crippen molar-refractivity contribution in [3.63, 3.8) is 0 Å². The molecule has 0 saturated carbocycles. The van der Waals surface area contributed by atoms with Crippen molar-refractivity contribution in [3.8, 4) is 0 Å². The fraction of sp³-hybridized carbons (Fsp3) is 0. The van der Waals surface area contributed by atoms with Crippen LogP contribution in [0.5, 0.6) is 0 Å². The molecule has 0 saturated heterocycles. The summed E-state index contributed by atoms with van der Waals surface area (Å²) in [5, 5.41) is 0. The smallest absolute Gasteiger partial charge is 0.204 e. The molecule has 0 aromatic heterocycles. The van der Waals surface area contributed by atoms with Gasteiger partial charge in [-0.3, -0.25) is 4.79 Å². The molecule has 0 aromatic rings. The molecule has 0 unspecified atom stereocenters. The van der Waals surface area contributed by atoms with Gasteiger partial charge in [-0.2, -0.15) is 0 Å². The van der Waals surface area contributed by atoms with E-state index in [2.05, 4.69) is 5.73 Å². The Balaban J connectivity index is 0. The zero-order chi connectivity index (χ0) is 4.71. The summed E-state index contributed by atoms with van der Waals surface area (Å²) in [5.74, 6) is 0. The van der Waals surface area contributed by atoms with Crippen LogP contribution in [0.15, 0.2) is 0 Å². The molecule has 2 N–H and O–H groups in total. The van der Waals surface area contributed by atoms with E-state index >= 15 is 0 Å². The van der Waals surface area contributed by atoms with Crippen LogP contribution in [0, 0.1) is 0 Å². The summed E-state index contributed by atoms with van der Waals surface area (Å²) in [5.41, 5.74) is 4.17. The summed E-state index contributed by atoms with van der Waals surface area (Å²) in [7, 11) is 0. The van der Waals surface area contributed by atoms with Crippen LogP contribution in [0.25, 0.3) is 0 Å². The number of hydrogen-bond acceptors (Lipinski definition) is 2. The van der Waals surface area contributed by atoms with Gasteiger partial charge in [-0.15, -0.1) is 0 Å². The van der Waals surface area contributed by atoms with E-state index in [0.29, 0.717) is 0 Å². The molecule has 0 aliphatic rings. The number of hydrogen-bond donors (Lipinski definition) is 1. The average molecular weight is 75.1 g/mol. The quantitative estimate of drug-likeness (QED) is 0.372. The van der Waals surface area contributed by atoms with Gasteiger partial charge in [-0.25, -0.2) is 0 Å². The van der Waals surface area contributed by atoms with Gasteiger partial charge in [0.1, 0.15) is 6.79 Å². The lowest BCUT2D eigenvalue weighted by atomic mass is 11.5. The van der Waals surface area contributed by atoms with E-state index in [1.807, 2.05) is 6.79 Å². The Kier molecular flexibility index (Phi) is 1310. The third kappa shape index (κ3) is 5.52. The molecule has 0 heterocycles. The van der Waals surface area contributed by atoms with Gasteiger partial charge in [-0.05, 0) is 0 Å². The van der Waals surface area contributed by atoms with Crippen molar-refractivity contribution in [3.05, 3.63) is 0 Å². The van der Waals surface area contributed by atoms with Crippen LogP contribution in [-0.2, 0) is 9.59 Å². The first kappa shape index (κ1) is 8.91. The minimum Gasteiger partial charge on any atom is -0.372 e. The highest BCUT2D eigenvalue weighted by molar-refractivity contribution is 5.42. The summed E-state index contributed by atoms with van der Waals surface area (Å²) < 4.78 is 0. The predicted octanol–water partition coefficient (Wildman–Crippen LogP) is -1.08. The molecule has 1 amide bonds. The van der Waals surface area contributed by atoms with E-state index < -0.39 is 0 Å². The van der Waals surface area contributed by atoms with E-state index in [1.54, 1.807) is 0 Å². The summed E-state index contributed by atoms with van der Waals surface area (Å²) in [6.07, 6.45) is 0.250. The maximum Gasteiger partial charge on any atom is 0.204 e. The molecule has 0 bridgehead atoms. The van der Waals surface area contributed by atoms with Crippen molar-refractivity contribution in [1.82, 2.24) is 0 Å². The minimum absolute atomic E-state index is 0.250. The van der Waals surface area contributed by atoms with Gasteiger partial charge in [0.15, 0.2) is 0 Å². The number of carbonyl (C=O) groups is 2. The van der Waals surface area contributed by atoms with Gasteiger partial charge in [0, 0.05) is 0 Å². The molecule has 30 valence electrons. The molecule has 0 aliphatic carbocycles. The van der Waals surface area contributed by atoms with Crippen molar-refractivity contribution in [2.45, 2.75) is 0 Å². The van der Waals surface area contributed by atoms with Crippen LogP contribution in [-0.4, -0.2) is 13.2 Å². The Morgan fingerprint density at radius 2 is 1.60 bits per heavy atom. The monoisotopic (exact) mass is 75.0 g/mol. The Morgan fingerprint density at radius 3 is 1.60 bits per heavy atom. The van der Waals surface area contributed by atoms with Gasteiger partial charge >= 0.3 is 0 Å². The summed E-state index contributed by atoms with van der Waals surface area (Å²) in [6, 6.07) is 0. The van der Waals surface area contributed by atoms with Gasteiger partial charge < -0.3 is 10.5 Å². The first-order valence-corrected chi connectivity index (χ1v) is 0.858. The second-order valence-electron chi connectivity index (χ2n) is 0.136. The van der Waals surface area contributed by atoms with Crippen molar-refractivity contribution in [1.29, 1.82) is 0 Å². The molecule has 3 nitrogen and oxygen atoms in total. The van der Waals surface area contributed by atoms with Crippen LogP contribution in [0.1, 0.15) is 0 Å². The van der Waals surface area contributed by atoms with Crippen molar-refractivity contribution in [2.75, 3.05) is 0 Å². The minimum atomic E-state index is 0.250. The van der Waals surface area contributed by atoms with Crippen molar-refractivity contribution in [2.24, 2.45) is 5.73 Å². The number of rotatable bonds is 0. The lowest BCUT2D eigenvalue weighted by Gasteiger charge is -1.32. The number of nitrogens with two attached hydrogens (primary N) is 1. The van der Waals surface area contributed by atoms with Crippen molar-refractivity contribution < 1.29 is 9.59 Å². The Bertz CT molecular complexity index is 21.6. The fourth-order valence-electron chi connectivity index (χ4n) is 0. The molecule has 0 aliphatic heterocycles. The molecule has 3 heteroatoms. The van der Waals surface area contributed by atoms with Gasteiger partial charge in [0.25, 0.3) is 0 Å². The first-order valence-electron chi connectivity index (χ1n) is 0.858. The summed E-state index contributed by atoms with van der Waals surface area (Å²) >= 11 is 0. The van der Waals surface area contributed by atoms with E-state index in [9.17, 15) is 0 Å². The van der Waals surface area contributed by atoms with Crippen molar-refractivity contribution >= 4 is 13.2 Å². The predicted molar refractivity (Wildman–Crippen MR) is 17.4 cm³/mol. The van der Waals surface area contributed by atoms with Gasteiger partial charge in [0.05, 0.1) is 0 Å². The largest absolute Gasteiger partial charge is 0.372 e. The van der Waals surface area contributed by atoms with E-state index in [4.69, 9.17) is 9.59 Å². The average Bonchev–Trinajstić information content (AvgIpc) is 1.46. The number of carbonyl (C=O) groups excluding carboxylic acids is 2. The number of primary amides is 1. The molecule has 0 aromatic carbocycles. The van der Waals surface area contributed by atoms with Crippen LogP contribution in [0.4, 0.5) is 0 Å². The molecule has 0 atom stereocenters. The molecule has 0 spiro atoms. The Morgan fingerprint density at radius 1 is 1.60 bits per heavy atom. The third-order valence-corrected chi connectivity index (χ3v) is 0. The zero-order valence-electron chi connectivity index (χ0n) is 2.68. The third-order valence-electron chi connectivity index (χ3n) is 0. The Hall–Kier alpha value is -0.860. The highest BCUT2D eigenvalue weighted by atomic mass is 16.1. The second-order valence-corrected chi connectivity index (χ2v) is 0.136. The maximum absolute atomic E-state index is 8.58. The van der Waals surface area contributed by atoms with Crippen LogP contribution in [0.2, 0.25) is 0 Å². The first-order chi connectivity index (χ1) is 2.41. The highest BCUT2D eigenvalue weighted by Crippen LogP contribution is 0.798. The molecule has 0 radical (unpaired) electrons. The molecular weight excluding hydrogens is 70.0 g/mol. The molecule has 5 heavy (non-hydrogen) atoms. The summed E-state index contributed by atoms with van der Waals surface area (Å²) in [4.78, 5) is 16.6. The highest BCUT2D eigenvalue weighted by Gasteiger charge is 1.19. The topological polar surface area (TPSA) is 60.2 Å². The second kappa shape index (κ2) is 734. The zero-order valence-corrected chi connectivity index (χ0v) is 2.68. The van der Waals surface area contributed by atoms with Crippen LogP contribution >= 0.6 is 0 Å². The maximum atomic E-state index is 8.58. The van der Waals surface area contributed by atoms with Crippen LogP contribution in [0.3, 0.4) is 0 Å². The van der Waals surface area contributed by atoms with E-state index in [0.717, 1.165) is 0 Å². The van der Waals surface area contributed by atoms with Gasteiger partial charge in [0.2, 0.25) is 6.41 Å². The van der Waals surface area contributed by atoms with E-state index in [-0.39, 0.29) is 6.41 Å². The van der Waals surface area contributed by atoms with E-state index in [1.165, 1.54) is 0 Å². The lowest BCUT2D eigenvalue weighted by molar-refractivity contribution is -0.107.